The van der Waals surface area contributed by atoms with E-state index in [1.165, 1.54) is 4.90 Å². The zero-order valence-corrected chi connectivity index (χ0v) is 16.5. The third kappa shape index (κ3) is 2.34. The molecule has 0 radical (unpaired) electrons. The van der Waals surface area contributed by atoms with E-state index in [9.17, 15) is 19.2 Å². The van der Waals surface area contributed by atoms with Crippen LogP contribution in [0.25, 0.3) is 0 Å². The van der Waals surface area contributed by atoms with Crippen LogP contribution in [0.15, 0.2) is 18.2 Å². The number of anilines is 1. The summed E-state index contributed by atoms with van der Waals surface area (Å²) in [7, 11) is 0. The van der Waals surface area contributed by atoms with Crippen molar-refractivity contribution in [3.63, 3.8) is 0 Å². The first kappa shape index (κ1) is 18.9. The maximum absolute atomic E-state index is 13.4. The van der Waals surface area contributed by atoms with Gasteiger partial charge in [-0.1, -0.05) is 11.6 Å². The number of nitrogens with two attached hydrogens (primary N) is 2. The number of carbonyl (C=O) groups is 4. The second kappa shape index (κ2) is 5.78. The van der Waals surface area contributed by atoms with E-state index in [0.717, 1.165) is 0 Å². The third-order valence-corrected chi connectivity index (χ3v) is 6.17. The Morgan fingerprint density at radius 1 is 1.29 bits per heavy atom. The smallest absolute Gasteiger partial charge is 0.291 e. The maximum Gasteiger partial charge on any atom is 0.291 e. The standard InChI is InChI=1S/C19H21ClN4O4/c1-18(2,3)24-15(26)13-11(7-12(21)25)23-19(14(13)16(24)27)9-6-8(20)4-5-10(9)22-17(19)28/h4-6,11,13-14,23H,7H2,1-3H3,(H2,21,25)(H,22,28)/p+1/t11-,13+,14-,19-/m0/s1. The number of nitrogens with zero attached hydrogens (tertiary/aromatic N) is 1. The van der Waals surface area contributed by atoms with Crippen LogP contribution in [0.4, 0.5) is 5.69 Å². The molecule has 2 saturated heterocycles. The van der Waals surface area contributed by atoms with Crippen molar-refractivity contribution in [1.29, 1.82) is 0 Å². The Kier molecular flexibility index (Phi) is 3.90. The molecule has 0 aliphatic carbocycles. The van der Waals surface area contributed by atoms with Crippen LogP contribution in [-0.4, -0.2) is 40.1 Å². The summed E-state index contributed by atoms with van der Waals surface area (Å²) in [6.07, 6.45) is -0.108. The maximum atomic E-state index is 13.4. The number of primary amides is 1. The van der Waals surface area contributed by atoms with Gasteiger partial charge in [-0.05, 0) is 39.0 Å². The molecule has 3 aliphatic heterocycles. The van der Waals surface area contributed by atoms with Crippen molar-refractivity contribution in [2.24, 2.45) is 17.6 Å². The molecule has 4 rings (SSSR count). The molecular formula is C19H22ClN4O4+. The molecular weight excluding hydrogens is 384 g/mol. The molecule has 4 atom stereocenters. The molecule has 1 spiro atoms. The number of imide groups is 1. The zero-order valence-electron chi connectivity index (χ0n) is 15.8. The fourth-order valence-electron chi connectivity index (χ4n) is 5.02. The van der Waals surface area contributed by atoms with Crippen molar-refractivity contribution in [1.82, 2.24) is 4.90 Å². The van der Waals surface area contributed by atoms with E-state index >= 15 is 0 Å². The number of nitrogens with one attached hydrogen (secondary N) is 1. The van der Waals surface area contributed by atoms with E-state index in [4.69, 9.17) is 17.3 Å². The lowest BCUT2D eigenvalue weighted by Crippen LogP contribution is -2.99. The summed E-state index contributed by atoms with van der Waals surface area (Å²) in [4.78, 5) is 52.7. The van der Waals surface area contributed by atoms with Gasteiger partial charge in [0, 0.05) is 16.1 Å². The second-order valence-corrected chi connectivity index (χ2v) is 9.14. The van der Waals surface area contributed by atoms with Crippen molar-refractivity contribution in [3.05, 3.63) is 28.8 Å². The van der Waals surface area contributed by atoms with E-state index in [1.807, 2.05) is 0 Å². The molecule has 28 heavy (non-hydrogen) atoms. The zero-order chi connectivity index (χ0) is 20.6. The Hall–Kier alpha value is -2.45. The lowest BCUT2D eigenvalue weighted by Gasteiger charge is -2.33. The SMILES string of the molecule is CC(C)(C)N1C(=O)[C@@H]2[C@H](CC(N)=O)[NH2+][C@]3(C(=O)Nc4ccc(Cl)cc43)[C@@H]2C1=O. The predicted octanol–water partition coefficient (Wildman–Crippen LogP) is -0.292. The van der Waals surface area contributed by atoms with Crippen LogP contribution < -0.4 is 16.4 Å². The highest BCUT2D eigenvalue weighted by Gasteiger charge is 2.75. The number of rotatable bonds is 2. The van der Waals surface area contributed by atoms with Gasteiger partial charge in [-0.2, -0.15) is 0 Å². The number of amides is 4. The fourth-order valence-corrected chi connectivity index (χ4v) is 5.19. The molecule has 2 fully saturated rings. The molecule has 1 aromatic carbocycles. The van der Waals surface area contributed by atoms with Gasteiger partial charge < -0.3 is 16.4 Å². The number of fused-ring (bicyclic) bond motifs is 4. The molecule has 0 aromatic heterocycles. The summed E-state index contributed by atoms with van der Waals surface area (Å²) in [6.45, 7) is 5.30. The highest BCUT2D eigenvalue weighted by atomic mass is 35.5. The Labute approximate surface area is 166 Å². The summed E-state index contributed by atoms with van der Waals surface area (Å²) < 4.78 is 0. The highest BCUT2D eigenvalue weighted by Crippen LogP contribution is 2.50. The van der Waals surface area contributed by atoms with Crippen LogP contribution in [0.1, 0.15) is 32.8 Å². The molecule has 0 saturated carbocycles. The number of hydrogen-bond donors (Lipinski definition) is 3. The molecule has 1 aromatic rings. The largest absolute Gasteiger partial charge is 0.369 e. The Balaban J connectivity index is 1.92. The van der Waals surface area contributed by atoms with Crippen molar-refractivity contribution in [2.75, 3.05) is 5.32 Å². The van der Waals surface area contributed by atoms with Crippen LogP contribution in [0.5, 0.6) is 0 Å². The monoisotopic (exact) mass is 405 g/mol. The van der Waals surface area contributed by atoms with Crippen LogP contribution in [0, 0.1) is 11.8 Å². The first-order valence-corrected chi connectivity index (χ1v) is 9.50. The van der Waals surface area contributed by atoms with Crippen molar-refractivity contribution >= 4 is 40.9 Å². The van der Waals surface area contributed by atoms with Crippen LogP contribution in [-0.2, 0) is 24.7 Å². The van der Waals surface area contributed by atoms with Gasteiger partial charge >= 0.3 is 0 Å². The summed E-state index contributed by atoms with van der Waals surface area (Å²) in [5, 5.41) is 4.89. The highest BCUT2D eigenvalue weighted by molar-refractivity contribution is 6.31. The Bertz CT molecular complexity index is 940. The van der Waals surface area contributed by atoms with Crippen LogP contribution >= 0.6 is 11.6 Å². The van der Waals surface area contributed by atoms with Crippen molar-refractivity contribution in [3.8, 4) is 0 Å². The van der Waals surface area contributed by atoms with Gasteiger partial charge in [0.05, 0.1) is 12.1 Å². The molecule has 3 aliphatic rings. The molecule has 5 N–H and O–H groups in total. The quantitative estimate of drug-likeness (QED) is 0.584. The van der Waals surface area contributed by atoms with Crippen molar-refractivity contribution in [2.45, 2.75) is 44.3 Å². The number of hydrogen-bond acceptors (Lipinski definition) is 4. The van der Waals surface area contributed by atoms with Crippen molar-refractivity contribution < 1.29 is 24.5 Å². The average Bonchev–Trinajstić information content (AvgIpc) is 3.12. The molecule has 4 amide bonds. The first-order valence-electron chi connectivity index (χ1n) is 9.12. The minimum absolute atomic E-state index is 0.108. The van der Waals surface area contributed by atoms with E-state index < -0.39 is 40.8 Å². The summed E-state index contributed by atoms with van der Waals surface area (Å²) in [6, 6.07) is 4.36. The first-order chi connectivity index (χ1) is 13.0. The average molecular weight is 406 g/mol. The minimum atomic E-state index is -1.35. The number of carbonyl (C=O) groups excluding carboxylic acids is 4. The number of quaternary nitrogens is 1. The molecule has 148 valence electrons. The Morgan fingerprint density at radius 2 is 1.96 bits per heavy atom. The topological polar surface area (TPSA) is 126 Å². The van der Waals surface area contributed by atoms with Gasteiger partial charge in [-0.25, -0.2) is 0 Å². The summed E-state index contributed by atoms with van der Waals surface area (Å²) in [5.74, 6) is -3.49. The molecule has 0 unspecified atom stereocenters. The molecule has 3 heterocycles. The van der Waals surface area contributed by atoms with Gasteiger partial charge in [0.25, 0.3) is 5.91 Å². The van der Waals surface area contributed by atoms with Gasteiger partial charge in [-0.3, -0.25) is 24.1 Å². The Morgan fingerprint density at radius 3 is 2.57 bits per heavy atom. The van der Waals surface area contributed by atoms with Crippen LogP contribution in [0.2, 0.25) is 5.02 Å². The van der Waals surface area contributed by atoms with E-state index in [0.29, 0.717) is 16.3 Å². The molecule has 0 bridgehead atoms. The molecule has 8 nitrogen and oxygen atoms in total. The predicted molar refractivity (Wildman–Crippen MR) is 99.9 cm³/mol. The number of benzene rings is 1. The second-order valence-electron chi connectivity index (χ2n) is 8.70. The molecule has 9 heteroatoms. The van der Waals surface area contributed by atoms with Crippen LogP contribution in [0.3, 0.4) is 0 Å². The fraction of sp³-hybridized carbons (Fsp3) is 0.474. The number of likely N-dealkylation sites (tertiary alicyclic amines) is 1. The van der Waals surface area contributed by atoms with Gasteiger partial charge in [0.2, 0.25) is 23.3 Å². The lowest BCUT2D eigenvalue weighted by atomic mass is 9.76. The number of halogens is 1. The summed E-state index contributed by atoms with van der Waals surface area (Å²) in [5.41, 5.74) is 4.42. The van der Waals surface area contributed by atoms with Gasteiger partial charge in [0.1, 0.15) is 17.9 Å². The third-order valence-electron chi connectivity index (χ3n) is 5.94. The normalized spacial score (nSPS) is 31.4. The van der Waals surface area contributed by atoms with E-state index in [-0.39, 0.29) is 18.2 Å². The summed E-state index contributed by atoms with van der Waals surface area (Å²) >= 11 is 6.17. The van der Waals surface area contributed by atoms with E-state index in [1.54, 1.807) is 44.3 Å². The van der Waals surface area contributed by atoms with Gasteiger partial charge in [0.15, 0.2) is 0 Å². The van der Waals surface area contributed by atoms with E-state index in [2.05, 4.69) is 5.32 Å². The van der Waals surface area contributed by atoms with Gasteiger partial charge in [-0.15, -0.1) is 0 Å². The minimum Gasteiger partial charge on any atom is -0.369 e. The lowest BCUT2D eigenvalue weighted by molar-refractivity contribution is -0.732.